The maximum absolute atomic E-state index is 14.0. The van der Waals surface area contributed by atoms with Crippen molar-refractivity contribution in [3.05, 3.63) is 35.1 Å². The number of amidine groups is 1. The highest BCUT2D eigenvalue weighted by Crippen LogP contribution is 2.30. The van der Waals surface area contributed by atoms with E-state index in [2.05, 4.69) is 23.9 Å². The lowest BCUT2D eigenvalue weighted by Crippen LogP contribution is -2.37. The molecule has 1 fully saturated rings. The molecule has 0 atom stereocenters. The zero-order chi connectivity index (χ0) is 14.8. The summed E-state index contributed by atoms with van der Waals surface area (Å²) >= 11 is 0. The van der Waals surface area contributed by atoms with E-state index in [4.69, 9.17) is 10.9 Å². The molecule has 2 rings (SSSR count). The number of piperidine rings is 1. The SMILES string of the molecule is CC1(C)CCN(Cc2ccc(C(N)=NO)cc2F)CC1. The number of hydrogen-bond acceptors (Lipinski definition) is 3. The van der Waals surface area contributed by atoms with Gasteiger partial charge >= 0.3 is 0 Å². The smallest absolute Gasteiger partial charge is 0.170 e. The van der Waals surface area contributed by atoms with Crippen LogP contribution in [0.2, 0.25) is 0 Å². The first-order valence-corrected chi connectivity index (χ1v) is 6.90. The van der Waals surface area contributed by atoms with Gasteiger partial charge in [0.15, 0.2) is 5.84 Å². The fourth-order valence-electron chi connectivity index (χ4n) is 2.45. The topological polar surface area (TPSA) is 61.8 Å². The first kappa shape index (κ1) is 14.8. The fourth-order valence-corrected chi connectivity index (χ4v) is 2.45. The van der Waals surface area contributed by atoms with Crippen molar-refractivity contribution in [2.24, 2.45) is 16.3 Å². The Hall–Kier alpha value is -1.62. The minimum Gasteiger partial charge on any atom is -0.409 e. The Bertz CT molecular complexity index is 504. The summed E-state index contributed by atoms with van der Waals surface area (Å²) in [5, 5.41) is 11.5. The number of likely N-dealkylation sites (tertiary alicyclic amines) is 1. The van der Waals surface area contributed by atoms with E-state index in [1.807, 2.05) is 0 Å². The van der Waals surface area contributed by atoms with Crippen molar-refractivity contribution >= 4 is 5.84 Å². The summed E-state index contributed by atoms with van der Waals surface area (Å²) in [6, 6.07) is 4.71. The van der Waals surface area contributed by atoms with Gasteiger partial charge < -0.3 is 10.9 Å². The minimum atomic E-state index is -0.307. The van der Waals surface area contributed by atoms with Crippen LogP contribution in [0.25, 0.3) is 0 Å². The molecule has 0 aromatic heterocycles. The predicted molar refractivity (Wildman–Crippen MR) is 77.2 cm³/mol. The Morgan fingerprint density at radius 2 is 2.05 bits per heavy atom. The predicted octanol–water partition coefficient (Wildman–Crippen LogP) is 2.54. The third kappa shape index (κ3) is 3.48. The Balaban J connectivity index is 2.04. The van der Waals surface area contributed by atoms with Gasteiger partial charge in [-0.05, 0) is 37.4 Å². The summed E-state index contributed by atoms with van der Waals surface area (Å²) in [5.41, 5.74) is 6.89. The molecule has 1 aromatic rings. The number of benzene rings is 1. The van der Waals surface area contributed by atoms with E-state index in [9.17, 15) is 4.39 Å². The van der Waals surface area contributed by atoms with Gasteiger partial charge in [0.2, 0.25) is 0 Å². The normalized spacial score (nSPS) is 20.1. The number of oxime groups is 1. The van der Waals surface area contributed by atoms with Gasteiger partial charge in [-0.1, -0.05) is 31.1 Å². The maximum atomic E-state index is 14.0. The Morgan fingerprint density at radius 1 is 1.40 bits per heavy atom. The van der Waals surface area contributed by atoms with Crippen molar-refractivity contribution in [1.29, 1.82) is 0 Å². The van der Waals surface area contributed by atoms with Gasteiger partial charge in [-0.3, -0.25) is 4.90 Å². The maximum Gasteiger partial charge on any atom is 0.170 e. The third-order valence-corrected chi connectivity index (χ3v) is 4.06. The number of nitrogens with two attached hydrogens (primary N) is 1. The Kier molecular flexibility index (Phi) is 4.28. The molecule has 0 unspecified atom stereocenters. The van der Waals surface area contributed by atoms with Crippen molar-refractivity contribution in [3.8, 4) is 0 Å². The van der Waals surface area contributed by atoms with Crippen LogP contribution in [0.5, 0.6) is 0 Å². The molecule has 0 amide bonds. The fraction of sp³-hybridized carbons (Fsp3) is 0.533. The summed E-state index contributed by atoms with van der Waals surface area (Å²) in [4.78, 5) is 2.27. The highest BCUT2D eigenvalue weighted by molar-refractivity contribution is 5.97. The molecular weight excluding hydrogens is 257 g/mol. The molecule has 110 valence electrons. The second-order valence-electron chi connectivity index (χ2n) is 6.23. The van der Waals surface area contributed by atoms with Crippen molar-refractivity contribution in [1.82, 2.24) is 4.90 Å². The number of halogens is 1. The quantitative estimate of drug-likeness (QED) is 0.387. The molecule has 1 aromatic carbocycles. The van der Waals surface area contributed by atoms with Gasteiger partial charge in [0, 0.05) is 17.7 Å². The van der Waals surface area contributed by atoms with Crippen LogP contribution in [0.15, 0.2) is 23.4 Å². The molecule has 0 bridgehead atoms. The second-order valence-corrected chi connectivity index (χ2v) is 6.23. The molecule has 3 N–H and O–H groups in total. The van der Waals surface area contributed by atoms with Crippen molar-refractivity contribution in [3.63, 3.8) is 0 Å². The van der Waals surface area contributed by atoms with Gasteiger partial charge in [0.05, 0.1) is 0 Å². The lowest BCUT2D eigenvalue weighted by Gasteiger charge is -2.36. The molecule has 1 aliphatic heterocycles. The number of nitrogens with zero attached hydrogens (tertiary/aromatic N) is 2. The zero-order valence-corrected chi connectivity index (χ0v) is 12.1. The average Bonchev–Trinajstić information content (AvgIpc) is 2.42. The van der Waals surface area contributed by atoms with Gasteiger partial charge in [0.25, 0.3) is 0 Å². The minimum absolute atomic E-state index is 0.0739. The van der Waals surface area contributed by atoms with Gasteiger partial charge in [-0.15, -0.1) is 0 Å². The molecule has 20 heavy (non-hydrogen) atoms. The molecular formula is C15H22FN3O. The Labute approximate surface area is 119 Å². The van der Waals surface area contributed by atoms with Crippen LogP contribution >= 0.6 is 0 Å². The van der Waals surface area contributed by atoms with Crippen LogP contribution in [0.4, 0.5) is 4.39 Å². The molecule has 0 spiro atoms. The van der Waals surface area contributed by atoms with Crippen LogP contribution in [-0.4, -0.2) is 29.0 Å². The lowest BCUT2D eigenvalue weighted by atomic mass is 9.82. The standard InChI is InChI=1S/C15H22FN3O/c1-15(2)5-7-19(8-6-15)10-12-4-3-11(9-13(12)16)14(17)18-20/h3-4,9,20H,5-8,10H2,1-2H3,(H2,17,18). The summed E-state index contributed by atoms with van der Waals surface area (Å²) in [6.45, 7) is 7.15. The van der Waals surface area contributed by atoms with E-state index in [1.165, 1.54) is 6.07 Å². The van der Waals surface area contributed by atoms with Crippen molar-refractivity contribution in [2.75, 3.05) is 13.1 Å². The van der Waals surface area contributed by atoms with E-state index < -0.39 is 0 Å². The van der Waals surface area contributed by atoms with Crippen molar-refractivity contribution in [2.45, 2.75) is 33.2 Å². The van der Waals surface area contributed by atoms with Crippen LogP contribution in [0.1, 0.15) is 37.8 Å². The number of hydrogen-bond donors (Lipinski definition) is 2. The van der Waals surface area contributed by atoms with E-state index >= 15 is 0 Å². The molecule has 0 aliphatic carbocycles. The highest BCUT2D eigenvalue weighted by atomic mass is 19.1. The van der Waals surface area contributed by atoms with Crippen LogP contribution in [0.3, 0.4) is 0 Å². The van der Waals surface area contributed by atoms with Crippen LogP contribution in [0, 0.1) is 11.2 Å². The second kappa shape index (κ2) is 5.79. The van der Waals surface area contributed by atoms with Gasteiger partial charge in [0.1, 0.15) is 5.82 Å². The van der Waals surface area contributed by atoms with E-state index in [1.54, 1.807) is 12.1 Å². The van der Waals surface area contributed by atoms with Gasteiger partial charge in [-0.2, -0.15) is 0 Å². The lowest BCUT2D eigenvalue weighted by molar-refractivity contribution is 0.126. The summed E-state index contributed by atoms with van der Waals surface area (Å²) in [5.74, 6) is -0.380. The molecule has 1 heterocycles. The first-order valence-electron chi connectivity index (χ1n) is 6.90. The van der Waals surface area contributed by atoms with Crippen molar-refractivity contribution < 1.29 is 9.60 Å². The molecule has 1 saturated heterocycles. The summed E-state index contributed by atoms with van der Waals surface area (Å²) in [6.07, 6.45) is 2.27. The summed E-state index contributed by atoms with van der Waals surface area (Å²) < 4.78 is 14.0. The van der Waals surface area contributed by atoms with Gasteiger partial charge in [-0.25, -0.2) is 4.39 Å². The van der Waals surface area contributed by atoms with Crippen LogP contribution < -0.4 is 5.73 Å². The largest absolute Gasteiger partial charge is 0.409 e. The van der Waals surface area contributed by atoms with Crippen LogP contribution in [-0.2, 0) is 6.54 Å². The van der Waals surface area contributed by atoms with E-state index in [0.717, 1.165) is 25.9 Å². The highest BCUT2D eigenvalue weighted by Gasteiger charge is 2.25. The number of rotatable bonds is 3. The molecule has 1 aliphatic rings. The third-order valence-electron chi connectivity index (χ3n) is 4.06. The molecule has 0 saturated carbocycles. The molecule has 4 nitrogen and oxygen atoms in total. The molecule has 0 radical (unpaired) electrons. The van der Waals surface area contributed by atoms with E-state index in [0.29, 0.717) is 23.1 Å². The monoisotopic (exact) mass is 279 g/mol. The average molecular weight is 279 g/mol. The van der Waals surface area contributed by atoms with E-state index in [-0.39, 0.29) is 11.7 Å². The molecule has 5 heteroatoms. The zero-order valence-electron chi connectivity index (χ0n) is 12.1. The summed E-state index contributed by atoms with van der Waals surface area (Å²) in [7, 11) is 0. The Morgan fingerprint density at radius 3 is 2.60 bits per heavy atom. The first-order chi connectivity index (χ1) is 9.41.